The number of hydrogen-bond acceptors (Lipinski definition) is 6. The zero-order valence-corrected chi connectivity index (χ0v) is 27.9. The van der Waals surface area contributed by atoms with E-state index in [1.807, 2.05) is 24.3 Å². The first-order valence-electron chi connectivity index (χ1n) is 16.0. The third-order valence-electron chi connectivity index (χ3n) is 9.07. The van der Waals surface area contributed by atoms with Gasteiger partial charge in [0.2, 0.25) is 0 Å². The van der Waals surface area contributed by atoms with Gasteiger partial charge < -0.3 is 23.4 Å². The first-order valence-corrected chi connectivity index (χ1v) is 17.9. The summed E-state index contributed by atoms with van der Waals surface area (Å²) in [5.74, 6) is 0.135. The number of ether oxygens (including phenoxy) is 4. The molecule has 0 N–H and O–H groups in total. The van der Waals surface area contributed by atoms with E-state index < -0.39 is 14.1 Å². The Hall–Kier alpha value is -2.81. The maximum atomic E-state index is 13.2. The Morgan fingerprint density at radius 1 is 0.932 bits per heavy atom. The zero-order valence-electron chi connectivity index (χ0n) is 26.9. The molecule has 2 heterocycles. The summed E-state index contributed by atoms with van der Waals surface area (Å²) < 4.78 is 31.8. The van der Waals surface area contributed by atoms with E-state index in [9.17, 15) is 4.79 Å². The van der Waals surface area contributed by atoms with Crippen LogP contribution in [-0.4, -0.2) is 52.4 Å². The van der Waals surface area contributed by atoms with Crippen molar-refractivity contribution < 1.29 is 28.2 Å². The molecule has 0 unspecified atom stereocenters. The van der Waals surface area contributed by atoms with E-state index >= 15 is 0 Å². The molecule has 2 saturated heterocycles. The SMILES string of the molecule is COc1ccc(COC[C@@H]2CCC[C@]3(CC(=O)C[C@@H]([C@H](C)CO[Si](c4ccccc4)(c4ccccc4)C(C)(C)C)O3)O2)cc1. The molecule has 3 aromatic carbocycles. The van der Waals surface area contributed by atoms with Crippen LogP contribution in [0.25, 0.3) is 0 Å². The molecule has 44 heavy (non-hydrogen) atoms. The van der Waals surface area contributed by atoms with Crippen molar-refractivity contribution in [3.63, 3.8) is 0 Å². The van der Waals surface area contributed by atoms with Crippen molar-refractivity contribution in [3.05, 3.63) is 90.5 Å². The van der Waals surface area contributed by atoms with Crippen molar-refractivity contribution in [1.29, 1.82) is 0 Å². The lowest BCUT2D eigenvalue weighted by Gasteiger charge is -2.47. The Morgan fingerprint density at radius 2 is 1.57 bits per heavy atom. The van der Waals surface area contributed by atoms with Crippen LogP contribution in [0.1, 0.15) is 65.4 Å². The molecule has 0 radical (unpaired) electrons. The van der Waals surface area contributed by atoms with E-state index in [0.717, 1.165) is 24.2 Å². The van der Waals surface area contributed by atoms with Crippen LogP contribution in [0.15, 0.2) is 84.9 Å². The molecule has 1 spiro atoms. The number of rotatable bonds is 11. The molecule has 0 amide bonds. The molecule has 0 aromatic heterocycles. The highest BCUT2D eigenvalue weighted by molar-refractivity contribution is 6.99. The van der Waals surface area contributed by atoms with Crippen LogP contribution >= 0.6 is 0 Å². The van der Waals surface area contributed by atoms with Crippen LogP contribution in [-0.2, 0) is 30.0 Å². The van der Waals surface area contributed by atoms with Crippen molar-refractivity contribution in [3.8, 4) is 5.75 Å². The Kier molecular flexibility index (Phi) is 10.4. The summed E-state index contributed by atoms with van der Waals surface area (Å²) in [7, 11) is -1.03. The minimum absolute atomic E-state index is 0.00748. The van der Waals surface area contributed by atoms with E-state index in [-0.39, 0.29) is 28.9 Å². The minimum Gasteiger partial charge on any atom is -0.497 e. The zero-order chi connectivity index (χ0) is 31.2. The quantitative estimate of drug-likeness (QED) is 0.231. The highest BCUT2D eigenvalue weighted by Crippen LogP contribution is 2.41. The second-order valence-corrected chi connectivity index (χ2v) is 17.7. The molecule has 7 heteroatoms. The highest BCUT2D eigenvalue weighted by Gasteiger charge is 2.51. The number of ketones is 1. The lowest BCUT2D eigenvalue weighted by Crippen LogP contribution is -2.67. The molecule has 6 nitrogen and oxygen atoms in total. The molecule has 3 aromatic rings. The van der Waals surface area contributed by atoms with Gasteiger partial charge in [0.05, 0.1) is 39.0 Å². The highest BCUT2D eigenvalue weighted by atomic mass is 28.4. The van der Waals surface area contributed by atoms with Crippen molar-refractivity contribution in [2.45, 2.75) is 89.4 Å². The van der Waals surface area contributed by atoms with Gasteiger partial charge in [-0.05, 0) is 45.9 Å². The molecule has 0 aliphatic carbocycles. The molecular weight excluding hydrogens is 568 g/mol. The van der Waals surface area contributed by atoms with Gasteiger partial charge in [-0.15, -0.1) is 0 Å². The average Bonchev–Trinajstić information content (AvgIpc) is 3.01. The fourth-order valence-corrected chi connectivity index (χ4v) is 11.5. The number of benzene rings is 3. The predicted molar refractivity (Wildman–Crippen MR) is 176 cm³/mol. The smallest absolute Gasteiger partial charge is 0.261 e. The summed E-state index contributed by atoms with van der Waals surface area (Å²) in [5.41, 5.74) is 1.08. The third kappa shape index (κ3) is 7.35. The summed E-state index contributed by atoms with van der Waals surface area (Å²) in [6.45, 7) is 10.5. The van der Waals surface area contributed by atoms with Crippen LogP contribution in [0.5, 0.6) is 5.75 Å². The fraction of sp³-hybridized carbons (Fsp3) is 0.486. The number of Topliss-reactive ketones (excluding diaryl/α,β-unsaturated/α-hetero) is 1. The normalized spacial score (nSPS) is 23.4. The van der Waals surface area contributed by atoms with Gasteiger partial charge in [0.15, 0.2) is 5.79 Å². The number of carbonyl (C=O) groups is 1. The summed E-state index contributed by atoms with van der Waals surface area (Å²) in [6, 6.07) is 29.2. The lowest BCUT2D eigenvalue weighted by atomic mass is 9.89. The summed E-state index contributed by atoms with van der Waals surface area (Å²) in [4.78, 5) is 13.2. The maximum absolute atomic E-state index is 13.2. The Labute approximate surface area is 264 Å². The van der Waals surface area contributed by atoms with E-state index in [2.05, 4.69) is 88.4 Å². The van der Waals surface area contributed by atoms with Crippen molar-refractivity contribution >= 4 is 24.5 Å². The second-order valence-electron chi connectivity index (χ2n) is 13.4. The molecule has 0 saturated carbocycles. The molecular formula is C37H48O6Si. The van der Waals surface area contributed by atoms with Crippen LogP contribution in [0.2, 0.25) is 5.04 Å². The first-order chi connectivity index (χ1) is 21.1. The molecule has 5 rings (SSSR count). The van der Waals surface area contributed by atoms with Gasteiger partial charge in [-0.2, -0.15) is 0 Å². The number of hydrogen-bond donors (Lipinski definition) is 0. The molecule has 236 valence electrons. The molecule has 2 fully saturated rings. The first kappa shape index (κ1) is 32.6. The van der Waals surface area contributed by atoms with E-state index in [0.29, 0.717) is 39.1 Å². The lowest BCUT2D eigenvalue weighted by molar-refractivity contribution is -0.316. The summed E-state index contributed by atoms with van der Waals surface area (Å²) >= 11 is 0. The van der Waals surface area contributed by atoms with Gasteiger partial charge in [0, 0.05) is 25.4 Å². The predicted octanol–water partition coefficient (Wildman–Crippen LogP) is 6.44. The monoisotopic (exact) mass is 616 g/mol. The van der Waals surface area contributed by atoms with Gasteiger partial charge in [0.1, 0.15) is 11.5 Å². The minimum atomic E-state index is -2.70. The number of methoxy groups -OCH3 is 1. The largest absolute Gasteiger partial charge is 0.497 e. The summed E-state index contributed by atoms with van der Waals surface area (Å²) in [5, 5.41) is 2.37. The van der Waals surface area contributed by atoms with Crippen molar-refractivity contribution in [2.75, 3.05) is 20.3 Å². The Bertz CT molecular complexity index is 1300. The maximum Gasteiger partial charge on any atom is 0.261 e. The number of carbonyl (C=O) groups excluding carboxylic acids is 1. The van der Waals surface area contributed by atoms with Crippen molar-refractivity contribution in [1.82, 2.24) is 0 Å². The Balaban J connectivity index is 1.26. The van der Waals surface area contributed by atoms with E-state index in [4.69, 9.17) is 23.4 Å². The van der Waals surface area contributed by atoms with Crippen LogP contribution in [0, 0.1) is 5.92 Å². The Morgan fingerprint density at radius 3 is 2.16 bits per heavy atom. The average molecular weight is 617 g/mol. The topological polar surface area (TPSA) is 63.2 Å². The van der Waals surface area contributed by atoms with Gasteiger partial charge in [-0.3, -0.25) is 4.79 Å². The van der Waals surface area contributed by atoms with E-state index in [1.54, 1.807) is 7.11 Å². The van der Waals surface area contributed by atoms with Crippen LogP contribution in [0.4, 0.5) is 0 Å². The van der Waals surface area contributed by atoms with Crippen molar-refractivity contribution in [2.24, 2.45) is 5.92 Å². The molecule has 2 aliphatic rings. The van der Waals surface area contributed by atoms with Crippen LogP contribution < -0.4 is 15.1 Å². The fourth-order valence-electron chi connectivity index (χ4n) is 6.78. The molecule has 2 aliphatic heterocycles. The second kappa shape index (κ2) is 14.1. The van der Waals surface area contributed by atoms with E-state index in [1.165, 1.54) is 10.4 Å². The van der Waals surface area contributed by atoms with Gasteiger partial charge in [-0.1, -0.05) is 100 Å². The molecule has 4 atom stereocenters. The van der Waals surface area contributed by atoms with Gasteiger partial charge in [-0.25, -0.2) is 0 Å². The third-order valence-corrected chi connectivity index (χ3v) is 14.1. The van der Waals surface area contributed by atoms with Gasteiger partial charge in [0.25, 0.3) is 8.32 Å². The van der Waals surface area contributed by atoms with Crippen LogP contribution in [0.3, 0.4) is 0 Å². The van der Waals surface area contributed by atoms with Gasteiger partial charge >= 0.3 is 0 Å². The standard InChI is InChI=1S/C37H48O6Si/c1-28(25-41-44(36(2,3)4,33-14-8-6-9-15-33)34-16-10-7-11-17-34)35-23-30(38)24-37(43-35)22-12-13-32(42-37)27-40-26-29-18-20-31(39-5)21-19-29/h6-11,14-21,28,32,35H,12-13,22-27H2,1-5H3/t28-,32+,35+,37+/m1/s1. The molecule has 0 bridgehead atoms. The summed E-state index contributed by atoms with van der Waals surface area (Å²) in [6.07, 6.45) is 2.83.